The molecule has 0 amide bonds. The molecule has 3 nitrogen and oxygen atoms in total. The Morgan fingerprint density at radius 3 is 2.62 bits per heavy atom. The molecule has 0 atom stereocenters. The van der Waals surface area contributed by atoms with Crippen molar-refractivity contribution in [2.75, 3.05) is 0 Å². The summed E-state index contributed by atoms with van der Waals surface area (Å²) in [4.78, 5) is 9.24. The Morgan fingerprint density at radius 1 is 0.792 bits per heavy atom. The maximum absolute atomic E-state index is 4.71. The summed E-state index contributed by atoms with van der Waals surface area (Å²) >= 11 is 0.235. The van der Waals surface area contributed by atoms with E-state index in [-0.39, 0.29) is 14.5 Å². The molecule has 112 valence electrons. The van der Waals surface area contributed by atoms with Gasteiger partial charge in [0.1, 0.15) is 0 Å². The average Bonchev–Trinajstić information content (AvgIpc) is 3.29. The van der Waals surface area contributed by atoms with Crippen LogP contribution in [0.2, 0.25) is 0 Å². The van der Waals surface area contributed by atoms with Crippen molar-refractivity contribution in [3.8, 4) is 10.1 Å². The quantitative estimate of drug-likeness (QED) is 0.402. The van der Waals surface area contributed by atoms with E-state index in [1.165, 1.54) is 36.0 Å². The van der Waals surface area contributed by atoms with Crippen LogP contribution >= 0.6 is 0 Å². The molecular formula is C20H11N3Se. The molecule has 0 unspecified atom stereocenters. The summed E-state index contributed by atoms with van der Waals surface area (Å²) in [7, 11) is 0. The molecule has 24 heavy (non-hydrogen) atoms. The second kappa shape index (κ2) is 4.44. The van der Waals surface area contributed by atoms with Crippen molar-refractivity contribution >= 4 is 51.6 Å². The van der Waals surface area contributed by atoms with Crippen molar-refractivity contribution in [1.82, 2.24) is 14.4 Å². The van der Waals surface area contributed by atoms with Crippen molar-refractivity contribution in [1.29, 1.82) is 0 Å². The molecule has 1 aromatic carbocycles. The first-order valence-corrected chi connectivity index (χ1v) is 9.57. The molecule has 5 aromatic heterocycles. The fourth-order valence-electron chi connectivity index (χ4n) is 3.67. The van der Waals surface area contributed by atoms with Crippen LogP contribution in [-0.4, -0.2) is 28.9 Å². The SMILES string of the molecule is c1ccc(-c2cc3c4nccc5c6ccccc6n(c3[se]2)c54)nc1. The maximum atomic E-state index is 4.71. The summed E-state index contributed by atoms with van der Waals surface area (Å²) in [5.41, 5.74) is 4.75. The van der Waals surface area contributed by atoms with Crippen LogP contribution in [0.4, 0.5) is 0 Å². The normalized spacial score (nSPS) is 12.2. The van der Waals surface area contributed by atoms with Crippen LogP contribution in [0.3, 0.4) is 0 Å². The third-order valence-corrected chi connectivity index (χ3v) is 7.07. The standard InChI is InChI=1S/C20H11N3Se/c1-2-7-16-12(5-1)13-8-10-22-18-14-11-17(15-6-3-4-9-21-15)24-20(14)23(16)19(13)18/h1-11H. The van der Waals surface area contributed by atoms with Gasteiger partial charge in [0.25, 0.3) is 0 Å². The van der Waals surface area contributed by atoms with Crippen LogP contribution in [0.1, 0.15) is 0 Å². The topological polar surface area (TPSA) is 30.2 Å². The molecule has 0 aliphatic heterocycles. The Morgan fingerprint density at radius 2 is 1.71 bits per heavy atom. The van der Waals surface area contributed by atoms with Crippen LogP contribution in [0.25, 0.3) is 47.2 Å². The second-order valence-electron chi connectivity index (χ2n) is 5.95. The molecule has 0 spiro atoms. The van der Waals surface area contributed by atoms with Gasteiger partial charge in [0.15, 0.2) is 0 Å². The summed E-state index contributed by atoms with van der Waals surface area (Å²) < 4.78 is 5.15. The summed E-state index contributed by atoms with van der Waals surface area (Å²) in [5, 5.41) is 3.89. The zero-order valence-corrected chi connectivity index (χ0v) is 14.3. The molecule has 0 saturated heterocycles. The van der Waals surface area contributed by atoms with Gasteiger partial charge in [-0.15, -0.1) is 0 Å². The zero-order valence-electron chi connectivity index (χ0n) is 12.6. The molecule has 0 fully saturated rings. The van der Waals surface area contributed by atoms with Crippen LogP contribution < -0.4 is 0 Å². The minimum atomic E-state index is 0.235. The Balaban J connectivity index is 1.85. The van der Waals surface area contributed by atoms with Crippen molar-refractivity contribution in [3.63, 3.8) is 0 Å². The molecular weight excluding hydrogens is 361 g/mol. The number of fused-ring (bicyclic) bond motifs is 6. The number of nitrogens with zero attached hydrogens (tertiary/aromatic N) is 3. The number of hydrogen-bond acceptors (Lipinski definition) is 2. The molecule has 4 heteroatoms. The summed E-state index contributed by atoms with van der Waals surface area (Å²) in [6.45, 7) is 0. The fraction of sp³-hybridized carbons (Fsp3) is 0. The summed E-state index contributed by atoms with van der Waals surface area (Å²) in [5.74, 6) is 0. The number of hydrogen-bond donors (Lipinski definition) is 0. The number of pyridine rings is 2. The van der Waals surface area contributed by atoms with Gasteiger partial charge in [0.05, 0.1) is 0 Å². The van der Waals surface area contributed by atoms with E-state index < -0.39 is 0 Å². The van der Waals surface area contributed by atoms with Gasteiger partial charge in [-0.3, -0.25) is 0 Å². The zero-order chi connectivity index (χ0) is 15.7. The fourth-order valence-corrected chi connectivity index (χ4v) is 6.10. The van der Waals surface area contributed by atoms with Crippen molar-refractivity contribution in [2.24, 2.45) is 0 Å². The van der Waals surface area contributed by atoms with Gasteiger partial charge in [-0.1, -0.05) is 0 Å². The Bertz CT molecular complexity index is 1350. The van der Waals surface area contributed by atoms with Gasteiger partial charge < -0.3 is 0 Å². The molecule has 0 bridgehead atoms. The Labute approximate surface area is 143 Å². The third-order valence-electron chi connectivity index (χ3n) is 4.67. The van der Waals surface area contributed by atoms with Gasteiger partial charge in [-0.05, 0) is 0 Å². The van der Waals surface area contributed by atoms with Crippen LogP contribution in [0.5, 0.6) is 0 Å². The Hall–Kier alpha value is -2.68. The van der Waals surface area contributed by atoms with E-state index in [0.717, 1.165) is 11.2 Å². The summed E-state index contributed by atoms with van der Waals surface area (Å²) in [6.07, 6.45) is 3.80. The molecule has 0 aliphatic rings. The molecule has 0 saturated carbocycles. The van der Waals surface area contributed by atoms with Gasteiger partial charge in [0.2, 0.25) is 0 Å². The van der Waals surface area contributed by atoms with E-state index in [9.17, 15) is 0 Å². The van der Waals surface area contributed by atoms with Crippen LogP contribution in [-0.2, 0) is 0 Å². The van der Waals surface area contributed by atoms with Gasteiger partial charge in [-0.2, -0.15) is 0 Å². The first-order chi connectivity index (χ1) is 11.9. The predicted molar refractivity (Wildman–Crippen MR) is 99.1 cm³/mol. The van der Waals surface area contributed by atoms with Crippen molar-refractivity contribution in [3.05, 3.63) is 67.0 Å². The molecule has 5 heterocycles. The van der Waals surface area contributed by atoms with E-state index in [0.29, 0.717) is 0 Å². The average molecular weight is 372 g/mol. The number of rotatable bonds is 1. The summed E-state index contributed by atoms with van der Waals surface area (Å²) in [6, 6.07) is 19.2. The molecule has 0 aliphatic carbocycles. The van der Waals surface area contributed by atoms with Crippen molar-refractivity contribution < 1.29 is 0 Å². The second-order valence-corrected chi connectivity index (χ2v) is 8.12. The predicted octanol–water partition coefficient (Wildman–Crippen LogP) is 4.35. The van der Waals surface area contributed by atoms with E-state index in [2.05, 4.69) is 57.9 Å². The number of para-hydroxylation sites is 1. The first-order valence-electron chi connectivity index (χ1n) is 7.86. The molecule has 0 radical (unpaired) electrons. The van der Waals surface area contributed by atoms with Gasteiger partial charge in [0, 0.05) is 0 Å². The van der Waals surface area contributed by atoms with Crippen LogP contribution in [0.15, 0.2) is 67.0 Å². The van der Waals surface area contributed by atoms with Crippen LogP contribution in [0, 0.1) is 0 Å². The van der Waals surface area contributed by atoms with E-state index in [1.54, 1.807) is 0 Å². The monoisotopic (exact) mass is 373 g/mol. The minimum absolute atomic E-state index is 0.235. The van der Waals surface area contributed by atoms with E-state index in [1.807, 2.05) is 18.5 Å². The molecule has 6 aromatic rings. The van der Waals surface area contributed by atoms with Crippen molar-refractivity contribution in [2.45, 2.75) is 0 Å². The van der Waals surface area contributed by atoms with E-state index in [4.69, 9.17) is 4.98 Å². The third kappa shape index (κ3) is 1.47. The molecule has 6 rings (SSSR count). The molecule has 0 N–H and O–H groups in total. The number of aromatic nitrogens is 3. The van der Waals surface area contributed by atoms with Gasteiger partial charge in [-0.25, -0.2) is 0 Å². The van der Waals surface area contributed by atoms with Gasteiger partial charge >= 0.3 is 143 Å². The number of benzene rings is 1. The first kappa shape index (κ1) is 12.7. The Kier molecular flexibility index (Phi) is 2.35. The van der Waals surface area contributed by atoms with E-state index >= 15 is 0 Å².